The molecule has 0 saturated heterocycles. The van der Waals surface area contributed by atoms with Gasteiger partial charge in [-0.15, -0.1) is 11.3 Å². The first-order valence-electron chi connectivity index (χ1n) is 6.60. The highest BCUT2D eigenvalue weighted by Crippen LogP contribution is 2.30. The molecule has 0 radical (unpaired) electrons. The highest BCUT2D eigenvalue weighted by atomic mass is 32.1. The second-order valence-corrected chi connectivity index (χ2v) is 5.56. The molecule has 0 atom stereocenters. The summed E-state index contributed by atoms with van der Waals surface area (Å²) in [6.07, 6.45) is 1.68. The molecule has 0 aliphatic heterocycles. The lowest BCUT2D eigenvalue weighted by atomic mass is 10.1. The van der Waals surface area contributed by atoms with E-state index in [2.05, 4.69) is 6.07 Å². The monoisotopic (exact) mass is 292 g/mol. The Bertz CT molecular complexity index is 555. The summed E-state index contributed by atoms with van der Waals surface area (Å²) in [5.74, 6) is 0.840. The Morgan fingerprint density at radius 2 is 2.10 bits per heavy atom. The molecule has 0 aliphatic carbocycles. The molecule has 0 aliphatic rings. The van der Waals surface area contributed by atoms with Crippen molar-refractivity contribution in [3.8, 4) is 17.0 Å². The number of benzene rings is 1. The number of ether oxygens (including phenoxy) is 2. The van der Waals surface area contributed by atoms with Gasteiger partial charge in [-0.3, -0.25) is 0 Å². The summed E-state index contributed by atoms with van der Waals surface area (Å²) in [5, 5.41) is 1.09. The Balaban J connectivity index is 2.34. The molecule has 0 fully saturated rings. The maximum Gasteiger partial charge on any atom is 0.119 e. The third kappa shape index (κ3) is 3.56. The van der Waals surface area contributed by atoms with E-state index in [4.69, 9.17) is 20.2 Å². The molecule has 0 bridgehead atoms. The molecular formula is C15H20N2O2S. The molecular weight excluding hydrogens is 272 g/mol. The molecule has 0 saturated carbocycles. The molecule has 1 aromatic heterocycles. The van der Waals surface area contributed by atoms with Crippen molar-refractivity contribution in [1.82, 2.24) is 4.98 Å². The fraction of sp³-hybridized carbons (Fsp3) is 0.400. The van der Waals surface area contributed by atoms with Gasteiger partial charge in [-0.1, -0.05) is 12.1 Å². The van der Waals surface area contributed by atoms with Crippen LogP contribution in [0, 0.1) is 0 Å². The molecule has 2 rings (SSSR count). The number of nitrogens with zero attached hydrogens (tertiary/aromatic N) is 1. The largest absolute Gasteiger partial charge is 0.497 e. The summed E-state index contributed by atoms with van der Waals surface area (Å²) < 4.78 is 10.4. The fourth-order valence-corrected chi connectivity index (χ4v) is 3.08. The van der Waals surface area contributed by atoms with Gasteiger partial charge in [0.1, 0.15) is 5.75 Å². The molecule has 0 unspecified atom stereocenters. The van der Waals surface area contributed by atoms with Crippen molar-refractivity contribution in [2.75, 3.05) is 27.4 Å². The Morgan fingerprint density at radius 1 is 1.25 bits per heavy atom. The third-order valence-electron chi connectivity index (χ3n) is 2.98. The minimum atomic E-state index is 0.628. The summed E-state index contributed by atoms with van der Waals surface area (Å²) >= 11 is 1.72. The zero-order chi connectivity index (χ0) is 14.4. The summed E-state index contributed by atoms with van der Waals surface area (Å²) in [6.45, 7) is 1.32. The van der Waals surface area contributed by atoms with E-state index in [1.165, 1.54) is 4.88 Å². The number of thiazole rings is 1. The maximum absolute atomic E-state index is 5.70. The first-order chi connectivity index (χ1) is 9.78. The lowest BCUT2D eigenvalue weighted by molar-refractivity contribution is 0.202. The molecule has 20 heavy (non-hydrogen) atoms. The molecule has 0 spiro atoms. The zero-order valence-corrected chi connectivity index (χ0v) is 12.7. The third-order valence-corrected chi connectivity index (χ3v) is 4.15. The molecule has 108 valence electrons. The van der Waals surface area contributed by atoms with Crippen LogP contribution in [-0.2, 0) is 17.6 Å². The van der Waals surface area contributed by atoms with Crippen LogP contribution in [0.1, 0.15) is 9.88 Å². The second-order valence-electron chi connectivity index (χ2n) is 4.39. The maximum atomic E-state index is 5.70. The summed E-state index contributed by atoms with van der Waals surface area (Å²) in [7, 11) is 3.38. The predicted octanol–water partition coefficient (Wildman–Crippen LogP) is 2.51. The Labute approximate surface area is 123 Å². The van der Waals surface area contributed by atoms with Crippen molar-refractivity contribution < 1.29 is 9.47 Å². The van der Waals surface area contributed by atoms with E-state index in [1.807, 2.05) is 18.2 Å². The van der Waals surface area contributed by atoms with Crippen molar-refractivity contribution >= 4 is 11.3 Å². The van der Waals surface area contributed by atoms with Crippen molar-refractivity contribution in [3.63, 3.8) is 0 Å². The Kier molecular flexibility index (Phi) is 5.52. The Hall–Kier alpha value is -1.43. The molecule has 1 aromatic carbocycles. The predicted molar refractivity (Wildman–Crippen MR) is 82.4 cm³/mol. The van der Waals surface area contributed by atoms with Crippen molar-refractivity contribution in [2.24, 2.45) is 5.73 Å². The van der Waals surface area contributed by atoms with Crippen LogP contribution in [-0.4, -0.2) is 32.4 Å². The topological polar surface area (TPSA) is 57.4 Å². The minimum Gasteiger partial charge on any atom is -0.497 e. The van der Waals surface area contributed by atoms with Gasteiger partial charge in [-0.2, -0.15) is 0 Å². The summed E-state index contributed by atoms with van der Waals surface area (Å²) in [5.41, 5.74) is 7.80. The van der Waals surface area contributed by atoms with Gasteiger partial charge < -0.3 is 15.2 Å². The van der Waals surface area contributed by atoms with Crippen LogP contribution in [0.15, 0.2) is 24.3 Å². The smallest absolute Gasteiger partial charge is 0.119 e. The second kappa shape index (κ2) is 7.38. The number of nitrogens with two attached hydrogens (primary N) is 1. The molecule has 1 heterocycles. The average molecular weight is 292 g/mol. The summed E-state index contributed by atoms with van der Waals surface area (Å²) in [4.78, 5) is 5.97. The van der Waals surface area contributed by atoms with Crippen LogP contribution in [0.5, 0.6) is 5.75 Å². The van der Waals surface area contributed by atoms with E-state index in [1.54, 1.807) is 25.6 Å². The molecule has 2 N–H and O–H groups in total. The van der Waals surface area contributed by atoms with Crippen molar-refractivity contribution in [3.05, 3.63) is 34.2 Å². The van der Waals surface area contributed by atoms with Gasteiger partial charge >= 0.3 is 0 Å². The minimum absolute atomic E-state index is 0.628. The van der Waals surface area contributed by atoms with E-state index in [9.17, 15) is 0 Å². The van der Waals surface area contributed by atoms with Gasteiger partial charge in [-0.05, 0) is 25.1 Å². The first-order valence-corrected chi connectivity index (χ1v) is 7.42. The average Bonchev–Trinajstić information content (AvgIpc) is 2.88. The van der Waals surface area contributed by atoms with Gasteiger partial charge in [0.25, 0.3) is 0 Å². The van der Waals surface area contributed by atoms with Gasteiger partial charge in [0.2, 0.25) is 0 Å². The number of hydrogen-bond donors (Lipinski definition) is 1. The molecule has 2 aromatic rings. The molecule has 4 nitrogen and oxygen atoms in total. The van der Waals surface area contributed by atoms with Crippen molar-refractivity contribution in [2.45, 2.75) is 12.8 Å². The zero-order valence-electron chi connectivity index (χ0n) is 11.9. The number of hydrogen-bond acceptors (Lipinski definition) is 5. The van der Waals surface area contributed by atoms with E-state index in [0.717, 1.165) is 34.9 Å². The van der Waals surface area contributed by atoms with Crippen LogP contribution in [0.2, 0.25) is 0 Å². The van der Waals surface area contributed by atoms with Crippen LogP contribution >= 0.6 is 11.3 Å². The van der Waals surface area contributed by atoms with Crippen LogP contribution < -0.4 is 10.5 Å². The van der Waals surface area contributed by atoms with Crippen LogP contribution in [0.25, 0.3) is 11.3 Å². The van der Waals surface area contributed by atoms with Gasteiger partial charge in [0.05, 0.1) is 24.4 Å². The number of aromatic nitrogens is 1. The normalized spacial score (nSPS) is 10.8. The molecule has 5 heteroatoms. The lowest BCUT2D eigenvalue weighted by Gasteiger charge is -2.04. The highest BCUT2D eigenvalue weighted by molar-refractivity contribution is 7.12. The SMILES string of the molecule is COCCc1nc(-c2cccc(OC)c2)c(CCN)s1. The number of methoxy groups -OCH3 is 2. The van der Waals surface area contributed by atoms with Crippen molar-refractivity contribution in [1.29, 1.82) is 0 Å². The number of rotatable bonds is 7. The molecule has 0 amide bonds. The van der Waals surface area contributed by atoms with E-state index >= 15 is 0 Å². The van der Waals surface area contributed by atoms with E-state index < -0.39 is 0 Å². The van der Waals surface area contributed by atoms with Crippen LogP contribution in [0.4, 0.5) is 0 Å². The van der Waals surface area contributed by atoms with Gasteiger partial charge in [0, 0.05) is 24.0 Å². The lowest BCUT2D eigenvalue weighted by Crippen LogP contribution is -2.02. The first kappa shape index (κ1) is 15.0. The van der Waals surface area contributed by atoms with E-state index in [0.29, 0.717) is 13.2 Å². The van der Waals surface area contributed by atoms with Gasteiger partial charge in [-0.25, -0.2) is 4.98 Å². The quantitative estimate of drug-likeness (QED) is 0.852. The Morgan fingerprint density at radius 3 is 2.80 bits per heavy atom. The standard InChI is InChI=1S/C15H20N2O2S/c1-18-9-7-14-17-15(13(20-14)6-8-16)11-4-3-5-12(10-11)19-2/h3-5,10H,6-9,16H2,1-2H3. The van der Waals surface area contributed by atoms with Gasteiger partial charge in [0.15, 0.2) is 0 Å². The fourth-order valence-electron chi connectivity index (χ4n) is 1.99. The summed E-state index contributed by atoms with van der Waals surface area (Å²) in [6, 6.07) is 7.98. The van der Waals surface area contributed by atoms with Crippen LogP contribution in [0.3, 0.4) is 0 Å². The highest BCUT2D eigenvalue weighted by Gasteiger charge is 2.13. The van der Waals surface area contributed by atoms with E-state index in [-0.39, 0.29) is 0 Å².